The van der Waals surface area contributed by atoms with Gasteiger partial charge in [0.1, 0.15) is 11.5 Å². The lowest BCUT2D eigenvalue weighted by molar-refractivity contribution is -0.274. The van der Waals surface area contributed by atoms with Crippen LogP contribution in [0.1, 0.15) is 13.8 Å². The molecule has 2 atom stereocenters. The third kappa shape index (κ3) is 5.34. The lowest BCUT2D eigenvalue weighted by atomic mass is 9.98. The zero-order valence-electron chi connectivity index (χ0n) is 20.8. The Bertz CT molecular complexity index is 1380. The zero-order chi connectivity index (χ0) is 26.2. The standard InChI is InChI=1S/C29H27F3N2O3/c1-18-16-34(17-19(2)36-18)22-11-7-21(8-12-22)26-15-33-27-24(5-4-6-25(27)28(26)35-3)20-9-13-23(14-10-20)37-29(30,31)32/h4-15,18-19H,16-17H2,1-3H3/t18-,19?/m1/s1. The molecule has 1 unspecified atom stereocenters. The number of alkyl halides is 3. The molecule has 5 rings (SSSR count). The number of hydrogen-bond acceptors (Lipinski definition) is 5. The second-order valence-corrected chi connectivity index (χ2v) is 9.19. The van der Waals surface area contributed by atoms with Crippen molar-refractivity contribution in [3.8, 4) is 33.8 Å². The van der Waals surface area contributed by atoms with Crippen molar-refractivity contribution in [2.45, 2.75) is 32.4 Å². The van der Waals surface area contributed by atoms with Gasteiger partial charge in [-0.1, -0.05) is 36.4 Å². The Hall–Kier alpha value is -3.78. The van der Waals surface area contributed by atoms with Crippen LogP contribution in [0.5, 0.6) is 11.5 Å². The highest BCUT2D eigenvalue weighted by Gasteiger charge is 2.31. The van der Waals surface area contributed by atoms with Crippen molar-refractivity contribution in [2.24, 2.45) is 0 Å². The van der Waals surface area contributed by atoms with Gasteiger partial charge < -0.3 is 19.1 Å². The molecule has 0 saturated carbocycles. The van der Waals surface area contributed by atoms with Crippen molar-refractivity contribution in [1.29, 1.82) is 0 Å². The van der Waals surface area contributed by atoms with Crippen molar-refractivity contribution in [2.75, 3.05) is 25.1 Å². The zero-order valence-corrected chi connectivity index (χ0v) is 20.8. The second kappa shape index (κ2) is 9.94. The fourth-order valence-electron chi connectivity index (χ4n) is 4.93. The third-order valence-electron chi connectivity index (χ3n) is 6.41. The molecule has 5 nitrogen and oxygen atoms in total. The van der Waals surface area contributed by atoms with Crippen molar-refractivity contribution < 1.29 is 27.4 Å². The highest BCUT2D eigenvalue weighted by atomic mass is 19.4. The molecule has 0 radical (unpaired) electrons. The SMILES string of the molecule is COc1c(-c2ccc(N3CC(C)O[C@H](C)C3)cc2)cnc2c(-c3ccc(OC(F)(F)F)cc3)cccc12. The summed E-state index contributed by atoms with van der Waals surface area (Å²) in [6.07, 6.45) is -2.60. The molecule has 0 spiro atoms. The van der Waals surface area contributed by atoms with Crippen LogP contribution >= 0.6 is 0 Å². The number of pyridine rings is 1. The van der Waals surface area contributed by atoms with E-state index < -0.39 is 6.36 Å². The lowest BCUT2D eigenvalue weighted by Crippen LogP contribution is -2.45. The van der Waals surface area contributed by atoms with Crippen LogP contribution in [0.25, 0.3) is 33.2 Å². The average molecular weight is 509 g/mol. The van der Waals surface area contributed by atoms with E-state index in [9.17, 15) is 13.2 Å². The summed E-state index contributed by atoms with van der Waals surface area (Å²) in [7, 11) is 1.62. The Morgan fingerprint density at radius 1 is 0.865 bits per heavy atom. The van der Waals surface area contributed by atoms with Gasteiger partial charge in [0.15, 0.2) is 0 Å². The van der Waals surface area contributed by atoms with Gasteiger partial charge in [0, 0.05) is 41.5 Å². The van der Waals surface area contributed by atoms with Gasteiger partial charge in [0.05, 0.1) is 24.8 Å². The van der Waals surface area contributed by atoms with Gasteiger partial charge in [0.25, 0.3) is 0 Å². The number of rotatable bonds is 5. The van der Waals surface area contributed by atoms with E-state index in [1.807, 2.05) is 18.2 Å². The largest absolute Gasteiger partial charge is 0.573 e. The molecule has 1 aliphatic rings. The summed E-state index contributed by atoms with van der Waals surface area (Å²) < 4.78 is 53.3. The summed E-state index contributed by atoms with van der Waals surface area (Å²) in [4.78, 5) is 7.07. The Balaban J connectivity index is 1.48. The van der Waals surface area contributed by atoms with Gasteiger partial charge in [-0.2, -0.15) is 0 Å². The van der Waals surface area contributed by atoms with Crippen molar-refractivity contribution in [3.05, 3.63) is 72.9 Å². The van der Waals surface area contributed by atoms with E-state index >= 15 is 0 Å². The first-order valence-electron chi connectivity index (χ1n) is 12.0. The number of halogens is 3. The van der Waals surface area contributed by atoms with Gasteiger partial charge in [-0.05, 0) is 55.3 Å². The van der Waals surface area contributed by atoms with E-state index in [1.165, 1.54) is 12.1 Å². The molecule has 0 amide bonds. The normalized spacial score (nSPS) is 18.2. The number of para-hydroxylation sites is 1. The summed E-state index contributed by atoms with van der Waals surface area (Å²) in [6, 6.07) is 19.8. The van der Waals surface area contributed by atoms with E-state index in [1.54, 1.807) is 25.4 Å². The molecule has 0 aliphatic carbocycles. The fourth-order valence-corrected chi connectivity index (χ4v) is 4.93. The van der Waals surface area contributed by atoms with Crippen LogP contribution in [0.3, 0.4) is 0 Å². The van der Waals surface area contributed by atoms with E-state index in [4.69, 9.17) is 14.5 Å². The molecule has 4 aromatic rings. The van der Waals surface area contributed by atoms with Crippen molar-refractivity contribution in [1.82, 2.24) is 4.98 Å². The molecule has 37 heavy (non-hydrogen) atoms. The average Bonchev–Trinajstić information content (AvgIpc) is 2.87. The van der Waals surface area contributed by atoms with E-state index in [0.29, 0.717) is 11.3 Å². The molecule has 1 aliphatic heterocycles. The quantitative estimate of drug-likeness (QED) is 0.288. The molecule has 2 heterocycles. The minimum atomic E-state index is -4.73. The third-order valence-corrected chi connectivity index (χ3v) is 6.41. The first kappa shape index (κ1) is 24.9. The summed E-state index contributed by atoms with van der Waals surface area (Å²) in [6.45, 7) is 5.86. The predicted octanol–water partition coefficient (Wildman–Crippen LogP) is 7.09. The molecule has 3 aromatic carbocycles. The number of morpholine rings is 1. The summed E-state index contributed by atoms with van der Waals surface area (Å²) >= 11 is 0. The van der Waals surface area contributed by atoms with Gasteiger partial charge in [-0.3, -0.25) is 4.98 Å². The van der Waals surface area contributed by atoms with E-state index in [2.05, 4.69) is 47.7 Å². The number of nitrogens with zero attached hydrogens (tertiary/aromatic N) is 2. The number of fused-ring (bicyclic) bond motifs is 1. The highest BCUT2D eigenvalue weighted by molar-refractivity contribution is 6.00. The first-order valence-corrected chi connectivity index (χ1v) is 12.0. The van der Waals surface area contributed by atoms with Crippen LogP contribution in [0, 0.1) is 0 Å². The molecule has 0 bridgehead atoms. The molecule has 8 heteroatoms. The summed E-state index contributed by atoms with van der Waals surface area (Å²) in [5.41, 5.74) is 5.17. The Morgan fingerprint density at radius 2 is 1.49 bits per heavy atom. The number of aromatic nitrogens is 1. The monoisotopic (exact) mass is 508 g/mol. The molecule has 1 aromatic heterocycles. The van der Waals surface area contributed by atoms with Crippen LogP contribution in [0.2, 0.25) is 0 Å². The molecule has 1 saturated heterocycles. The number of anilines is 1. The fraction of sp³-hybridized carbons (Fsp3) is 0.276. The molecular formula is C29H27F3N2O3. The molecule has 0 N–H and O–H groups in total. The maximum Gasteiger partial charge on any atom is 0.573 e. The van der Waals surface area contributed by atoms with Crippen molar-refractivity contribution in [3.63, 3.8) is 0 Å². The maximum atomic E-state index is 12.5. The van der Waals surface area contributed by atoms with Gasteiger partial charge in [-0.15, -0.1) is 13.2 Å². The van der Waals surface area contributed by atoms with Crippen LogP contribution < -0.4 is 14.4 Å². The minimum absolute atomic E-state index is 0.177. The lowest BCUT2D eigenvalue weighted by Gasteiger charge is -2.36. The summed E-state index contributed by atoms with van der Waals surface area (Å²) in [5, 5.41) is 0.813. The van der Waals surface area contributed by atoms with E-state index in [-0.39, 0.29) is 18.0 Å². The van der Waals surface area contributed by atoms with Crippen LogP contribution in [-0.4, -0.2) is 43.8 Å². The Kier molecular flexibility index (Phi) is 6.69. The van der Waals surface area contributed by atoms with Crippen LogP contribution in [0.4, 0.5) is 18.9 Å². The predicted molar refractivity (Wildman–Crippen MR) is 138 cm³/mol. The maximum absolute atomic E-state index is 12.5. The highest BCUT2D eigenvalue weighted by Crippen LogP contribution is 2.39. The van der Waals surface area contributed by atoms with Gasteiger partial charge in [-0.25, -0.2) is 0 Å². The molecular weight excluding hydrogens is 481 g/mol. The number of benzene rings is 3. The Morgan fingerprint density at radius 3 is 2.11 bits per heavy atom. The van der Waals surface area contributed by atoms with Crippen LogP contribution in [-0.2, 0) is 4.74 Å². The van der Waals surface area contributed by atoms with Crippen molar-refractivity contribution >= 4 is 16.6 Å². The molecule has 192 valence electrons. The van der Waals surface area contributed by atoms with Gasteiger partial charge >= 0.3 is 6.36 Å². The smallest absolute Gasteiger partial charge is 0.495 e. The first-order chi connectivity index (χ1) is 17.7. The number of ether oxygens (including phenoxy) is 3. The Labute approximate surface area is 213 Å². The minimum Gasteiger partial charge on any atom is -0.495 e. The number of methoxy groups -OCH3 is 1. The van der Waals surface area contributed by atoms with Gasteiger partial charge in [0.2, 0.25) is 0 Å². The van der Waals surface area contributed by atoms with Crippen LogP contribution in [0.15, 0.2) is 72.9 Å². The molecule has 1 fully saturated rings. The van der Waals surface area contributed by atoms with E-state index in [0.717, 1.165) is 46.4 Å². The number of hydrogen-bond donors (Lipinski definition) is 0. The summed E-state index contributed by atoms with van der Waals surface area (Å²) in [5.74, 6) is 0.416. The second-order valence-electron chi connectivity index (χ2n) is 9.19. The topological polar surface area (TPSA) is 43.8 Å².